The maximum absolute atomic E-state index is 11.8. The smallest absolute Gasteiger partial charge is 0.226 e. The Bertz CT molecular complexity index is 598. The minimum atomic E-state index is 0. The van der Waals surface area contributed by atoms with Gasteiger partial charge >= 0.3 is 0 Å². The molecule has 2 rings (SSSR count). The van der Waals surface area contributed by atoms with Crippen LogP contribution in [-0.2, 0) is 17.6 Å². The number of rotatable bonds is 8. The van der Waals surface area contributed by atoms with Crippen LogP contribution in [0.5, 0.6) is 0 Å². The van der Waals surface area contributed by atoms with Crippen molar-refractivity contribution in [2.45, 2.75) is 32.6 Å². The SMILES string of the molecule is CCc1ccc(-c2nc(CC(=O)NCCCCN)cs2)cc1.Cl. The average Bonchev–Trinajstić information content (AvgIpc) is 3.00. The van der Waals surface area contributed by atoms with Gasteiger partial charge in [0.1, 0.15) is 5.01 Å². The molecule has 1 amide bonds. The van der Waals surface area contributed by atoms with E-state index in [1.807, 2.05) is 5.38 Å². The van der Waals surface area contributed by atoms with Crippen molar-refractivity contribution in [3.05, 3.63) is 40.9 Å². The first kappa shape index (κ1) is 19.6. The van der Waals surface area contributed by atoms with Crippen molar-refractivity contribution >= 4 is 29.7 Å². The van der Waals surface area contributed by atoms with Gasteiger partial charge < -0.3 is 11.1 Å². The van der Waals surface area contributed by atoms with E-state index in [1.165, 1.54) is 5.56 Å². The van der Waals surface area contributed by atoms with Crippen molar-refractivity contribution in [3.8, 4) is 10.6 Å². The number of nitrogens with two attached hydrogens (primary N) is 1. The molecule has 0 saturated carbocycles. The van der Waals surface area contributed by atoms with Crippen LogP contribution in [0.25, 0.3) is 10.6 Å². The fourth-order valence-electron chi connectivity index (χ4n) is 2.13. The molecule has 0 atom stereocenters. The van der Waals surface area contributed by atoms with Gasteiger partial charge in [0.15, 0.2) is 0 Å². The molecule has 126 valence electrons. The summed E-state index contributed by atoms with van der Waals surface area (Å²) >= 11 is 1.58. The van der Waals surface area contributed by atoms with Crippen LogP contribution in [0.1, 0.15) is 31.0 Å². The molecule has 0 saturated heterocycles. The highest BCUT2D eigenvalue weighted by Gasteiger charge is 2.08. The Morgan fingerprint density at radius 2 is 2.00 bits per heavy atom. The molecule has 0 aliphatic carbocycles. The number of carbonyl (C=O) groups is 1. The highest BCUT2D eigenvalue weighted by Crippen LogP contribution is 2.24. The molecule has 4 nitrogen and oxygen atoms in total. The number of hydrogen-bond donors (Lipinski definition) is 2. The number of thiazole rings is 1. The molecule has 0 aliphatic rings. The number of benzene rings is 1. The summed E-state index contributed by atoms with van der Waals surface area (Å²) in [6.07, 6.45) is 3.24. The van der Waals surface area contributed by atoms with Crippen LogP contribution >= 0.6 is 23.7 Å². The number of unbranched alkanes of at least 4 members (excludes halogenated alkanes) is 1. The lowest BCUT2D eigenvalue weighted by Crippen LogP contribution is -2.26. The molecular weight excluding hydrogens is 330 g/mol. The van der Waals surface area contributed by atoms with Gasteiger partial charge in [0.05, 0.1) is 12.1 Å². The van der Waals surface area contributed by atoms with Crippen molar-refractivity contribution in [1.29, 1.82) is 0 Å². The van der Waals surface area contributed by atoms with Crippen LogP contribution in [0, 0.1) is 0 Å². The predicted octanol–water partition coefficient (Wildman–Crippen LogP) is 3.19. The summed E-state index contributed by atoms with van der Waals surface area (Å²) in [5.74, 6) is 0.0233. The molecule has 3 N–H and O–H groups in total. The molecule has 23 heavy (non-hydrogen) atoms. The van der Waals surface area contributed by atoms with E-state index in [0.29, 0.717) is 19.5 Å². The Labute approximate surface area is 147 Å². The van der Waals surface area contributed by atoms with Crippen molar-refractivity contribution in [2.75, 3.05) is 13.1 Å². The number of aromatic nitrogens is 1. The van der Waals surface area contributed by atoms with Crippen LogP contribution in [0.2, 0.25) is 0 Å². The van der Waals surface area contributed by atoms with Gasteiger partial charge in [-0.2, -0.15) is 0 Å². The molecule has 1 heterocycles. The number of hydrogen-bond acceptors (Lipinski definition) is 4. The van der Waals surface area contributed by atoms with Crippen LogP contribution in [0.15, 0.2) is 29.6 Å². The second-order valence-electron chi connectivity index (χ2n) is 5.22. The first-order chi connectivity index (χ1) is 10.7. The van der Waals surface area contributed by atoms with Gasteiger partial charge in [-0.3, -0.25) is 4.79 Å². The zero-order chi connectivity index (χ0) is 15.8. The Morgan fingerprint density at radius 3 is 2.65 bits per heavy atom. The molecule has 2 aromatic rings. The molecule has 0 fully saturated rings. The standard InChI is InChI=1S/C17H23N3OS.ClH/c1-2-13-5-7-14(8-6-13)17-20-15(12-22-17)11-16(21)19-10-4-3-9-18;/h5-8,12H,2-4,9-11,18H2,1H3,(H,19,21);1H. The highest BCUT2D eigenvalue weighted by molar-refractivity contribution is 7.13. The third-order valence-corrected chi connectivity index (χ3v) is 4.40. The fraction of sp³-hybridized carbons (Fsp3) is 0.412. The zero-order valence-corrected chi connectivity index (χ0v) is 15.0. The third kappa shape index (κ3) is 6.29. The molecule has 1 aromatic carbocycles. The van der Waals surface area contributed by atoms with E-state index in [4.69, 9.17) is 5.73 Å². The maximum Gasteiger partial charge on any atom is 0.226 e. The van der Waals surface area contributed by atoms with Crippen molar-refractivity contribution in [3.63, 3.8) is 0 Å². The van der Waals surface area contributed by atoms with Gasteiger partial charge in [0, 0.05) is 17.5 Å². The summed E-state index contributed by atoms with van der Waals surface area (Å²) in [5.41, 5.74) is 8.68. The van der Waals surface area contributed by atoms with E-state index in [0.717, 1.165) is 35.5 Å². The number of amides is 1. The van der Waals surface area contributed by atoms with E-state index >= 15 is 0 Å². The molecule has 0 radical (unpaired) electrons. The van der Waals surface area contributed by atoms with E-state index in [-0.39, 0.29) is 18.3 Å². The van der Waals surface area contributed by atoms with Crippen molar-refractivity contribution in [1.82, 2.24) is 10.3 Å². The summed E-state index contributed by atoms with van der Waals surface area (Å²) < 4.78 is 0. The molecule has 0 bridgehead atoms. The van der Waals surface area contributed by atoms with Gasteiger partial charge in [0.2, 0.25) is 5.91 Å². The van der Waals surface area contributed by atoms with Crippen LogP contribution in [-0.4, -0.2) is 24.0 Å². The topological polar surface area (TPSA) is 68.0 Å². The fourth-order valence-corrected chi connectivity index (χ4v) is 2.95. The molecule has 0 unspecified atom stereocenters. The minimum absolute atomic E-state index is 0. The van der Waals surface area contributed by atoms with Crippen molar-refractivity contribution < 1.29 is 4.79 Å². The van der Waals surface area contributed by atoms with Gasteiger partial charge in [0.25, 0.3) is 0 Å². The summed E-state index contributed by atoms with van der Waals surface area (Å²) in [4.78, 5) is 16.4. The average molecular weight is 354 g/mol. The van der Waals surface area contributed by atoms with Gasteiger partial charge in [-0.05, 0) is 31.4 Å². The van der Waals surface area contributed by atoms with Crippen LogP contribution in [0.4, 0.5) is 0 Å². The van der Waals surface area contributed by atoms with Gasteiger partial charge in [-0.15, -0.1) is 23.7 Å². The van der Waals surface area contributed by atoms with E-state index in [2.05, 4.69) is 41.5 Å². The van der Waals surface area contributed by atoms with Crippen LogP contribution < -0.4 is 11.1 Å². The van der Waals surface area contributed by atoms with E-state index in [1.54, 1.807) is 11.3 Å². The summed E-state index contributed by atoms with van der Waals surface area (Å²) in [6.45, 7) is 3.50. The van der Waals surface area contributed by atoms with Gasteiger partial charge in [-0.25, -0.2) is 4.98 Å². The lowest BCUT2D eigenvalue weighted by molar-refractivity contribution is -0.120. The Morgan fingerprint density at radius 1 is 1.26 bits per heavy atom. The molecule has 6 heteroatoms. The van der Waals surface area contributed by atoms with E-state index in [9.17, 15) is 4.79 Å². The number of nitrogens with zero attached hydrogens (tertiary/aromatic N) is 1. The highest BCUT2D eigenvalue weighted by atomic mass is 35.5. The Balaban J connectivity index is 0.00000264. The summed E-state index contributed by atoms with van der Waals surface area (Å²) in [7, 11) is 0. The maximum atomic E-state index is 11.8. The number of nitrogens with one attached hydrogen (secondary N) is 1. The molecule has 1 aromatic heterocycles. The monoisotopic (exact) mass is 353 g/mol. The largest absolute Gasteiger partial charge is 0.356 e. The number of aryl methyl sites for hydroxylation is 1. The Kier molecular flexibility index (Phi) is 8.84. The number of halogens is 1. The Hall–Kier alpha value is -1.43. The quantitative estimate of drug-likeness (QED) is 0.716. The second kappa shape index (κ2) is 10.4. The summed E-state index contributed by atoms with van der Waals surface area (Å²) in [6, 6.07) is 8.43. The summed E-state index contributed by atoms with van der Waals surface area (Å²) in [5, 5.41) is 5.83. The molecule has 0 aliphatic heterocycles. The number of carbonyl (C=O) groups excluding carboxylic acids is 1. The predicted molar refractivity (Wildman–Crippen MR) is 99.2 cm³/mol. The lowest BCUT2D eigenvalue weighted by atomic mass is 10.1. The van der Waals surface area contributed by atoms with Crippen LogP contribution in [0.3, 0.4) is 0 Å². The second-order valence-corrected chi connectivity index (χ2v) is 6.08. The van der Waals surface area contributed by atoms with E-state index < -0.39 is 0 Å². The zero-order valence-electron chi connectivity index (χ0n) is 13.4. The first-order valence-corrected chi connectivity index (χ1v) is 8.61. The first-order valence-electron chi connectivity index (χ1n) is 7.73. The normalized spacial score (nSPS) is 10.2. The van der Waals surface area contributed by atoms with Gasteiger partial charge in [-0.1, -0.05) is 31.2 Å². The minimum Gasteiger partial charge on any atom is -0.356 e. The molecular formula is C17H24ClN3OS. The third-order valence-electron chi connectivity index (χ3n) is 3.46. The van der Waals surface area contributed by atoms with Crippen molar-refractivity contribution in [2.24, 2.45) is 5.73 Å². The lowest BCUT2D eigenvalue weighted by Gasteiger charge is -2.03. The molecule has 0 spiro atoms.